The highest BCUT2D eigenvalue weighted by Crippen LogP contribution is 2.36. The summed E-state index contributed by atoms with van der Waals surface area (Å²) < 4.78 is 13.0. The Morgan fingerprint density at radius 3 is 2.50 bits per heavy atom. The van der Waals surface area contributed by atoms with Crippen LogP contribution in [0.3, 0.4) is 0 Å². The van der Waals surface area contributed by atoms with E-state index < -0.39 is 12.0 Å². The Morgan fingerprint density at radius 1 is 1.32 bits per heavy atom. The molecule has 0 saturated carbocycles. The highest BCUT2D eigenvalue weighted by molar-refractivity contribution is 5.83. The van der Waals surface area contributed by atoms with Gasteiger partial charge in [0.25, 0.3) is 0 Å². The second-order valence-corrected chi connectivity index (χ2v) is 5.76. The van der Waals surface area contributed by atoms with Crippen molar-refractivity contribution in [3.63, 3.8) is 0 Å². The summed E-state index contributed by atoms with van der Waals surface area (Å²) in [5.41, 5.74) is 1.52. The molecule has 1 atom stereocenters. The summed E-state index contributed by atoms with van der Waals surface area (Å²) in [4.78, 5) is 16.3. The first-order valence-corrected chi connectivity index (χ1v) is 7.56. The first-order valence-electron chi connectivity index (χ1n) is 7.56. The molecular formula is C16H20N2O4. The molecule has 0 bridgehead atoms. The molecule has 1 aliphatic heterocycles. The molecule has 1 N–H and O–H groups in total. The van der Waals surface area contributed by atoms with Crippen molar-refractivity contribution in [3.8, 4) is 11.5 Å². The lowest BCUT2D eigenvalue weighted by molar-refractivity contribution is -0.142. The summed E-state index contributed by atoms with van der Waals surface area (Å²) in [6.45, 7) is 6.80. The zero-order chi connectivity index (χ0) is 15.9. The Bertz CT molecular complexity index is 720. The minimum atomic E-state index is -0.848. The Morgan fingerprint density at radius 2 is 1.95 bits per heavy atom. The average Bonchev–Trinajstić information content (AvgIpc) is 2.82. The van der Waals surface area contributed by atoms with Crippen molar-refractivity contribution < 1.29 is 19.4 Å². The number of fused-ring (bicyclic) bond motifs is 2. The molecule has 6 nitrogen and oxygen atoms in total. The van der Waals surface area contributed by atoms with Crippen molar-refractivity contribution in [1.29, 1.82) is 0 Å². The number of aryl methyl sites for hydroxylation is 1. The maximum absolute atomic E-state index is 11.7. The summed E-state index contributed by atoms with van der Waals surface area (Å²) in [7, 11) is 0. The van der Waals surface area contributed by atoms with Gasteiger partial charge in [0, 0.05) is 18.6 Å². The number of hydrogen-bond donors (Lipinski definition) is 1. The van der Waals surface area contributed by atoms with Crippen LogP contribution in [0.5, 0.6) is 11.5 Å². The average molecular weight is 304 g/mol. The lowest BCUT2D eigenvalue weighted by atomic mass is 10.0. The van der Waals surface area contributed by atoms with Crippen molar-refractivity contribution in [2.75, 3.05) is 13.2 Å². The van der Waals surface area contributed by atoms with Crippen molar-refractivity contribution in [3.05, 3.63) is 18.0 Å². The SMILES string of the molecule is CCc1nc2cc3c(cc2n1C(C(=O)O)C(C)C)OCCO3. The van der Waals surface area contributed by atoms with Gasteiger partial charge in [0.15, 0.2) is 11.5 Å². The van der Waals surface area contributed by atoms with Crippen LogP contribution in [0.2, 0.25) is 0 Å². The van der Waals surface area contributed by atoms with Crippen LogP contribution in [-0.2, 0) is 11.2 Å². The molecule has 0 radical (unpaired) electrons. The van der Waals surface area contributed by atoms with Gasteiger partial charge in [-0.1, -0.05) is 20.8 Å². The van der Waals surface area contributed by atoms with Gasteiger partial charge in [-0.15, -0.1) is 0 Å². The van der Waals surface area contributed by atoms with Gasteiger partial charge >= 0.3 is 5.97 Å². The maximum atomic E-state index is 11.7. The predicted molar refractivity (Wildman–Crippen MR) is 81.6 cm³/mol. The number of carboxylic acids is 1. The lowest BCUT2D eigenvalue weighted by Crippen LogP contribution is -2.25. The van der Waals surface area contributed by atoms with E-state index in [4.69, 9.17) is 9.47 Å². The summed E-state index contributed by atoms with van der Waals surface area (Å²) >= 11 is 0. The topological polar surface area (TPSA) is 73.6 Å². The molecule has 1 unspecified atom stereocenters. The molecular weight excluding hydrogens is 284 g/mol. The molecule has 22 heavy (non-hydrogen) atoms. The van der Waals surface area contributed by atoms with E-state index in [1.807, 2.05) is 37.5 Å². The standard InChI is InChI=1S/C16H20N2O4/c1-4-14-17-10-7-12-13(22-6-5-21-12)8-11(10)18(14)15(9(2)3)16(19)20/h7-9,15H,4-6H2,1-3H3,(H,19,20). The van der Waals surface area contributed by atoms with E-state index in [2.05, 4.69) is 4.98 Å². The fraction of sp³-hybridized carbons (Fsp3) is 0.500. The molecule has 3 rings (SSSR count). The second-order valence-electron chi connectivity index (χ2n) is 5.76. The van der Waals surface area contributed by atoms with Gasteiger partial charge in [-0.2, -0.15) is 0 Å². The minimum Gasteiger partial charge on any atom is -0.486 e. The quantitative estimate of drug-likeness (QED) is 0.940. The van der Waals surface area contributed by atoms with Gasteiger partial charge in [0.05, 0.1) is 11.0 Å². The van der Waals surface area contributed by atoms with Gasteiger partial charge in [-0.3, -0.25) is 0 Å². The van der Waals surface area contributed by atoms with E-state index in [1.54, 1.807) is 0 Å². The van der Waals surface area contributed by atoms with Crippen LogP contribution in [0, 0.1) is 5.92 Å². The predicted octanol–water partition coefficient (Wildman–Crippen LogP) is 2.65. The lowest BCUT2D eigenvalue weighted by Gasteiger charge is -2.22. The first kappa shape index (κ1) is 14.7. The molecule has 6 heteroatoms. The molecule has 0 amide bonds. The number of benzene rings is 1. The number of imidazole rings is 1. The van der Waals surface area contributed by atoms with Gasteiger partial charge in [0.1, 0.15) is 25.1 Å². The van der Waals surface area contributed by atoms with E-state index in [-0.39, 0.29) is 5.92 Å². The number of carboxylic acid groups (broad SMARTS) is 1. The van der Waals surface area contributed by atoms with Crippen LogP contribution in [0.25, 0.3) is 11.0 Å². The highest BCUT2D eigenvalue weighted by Gasteiger charge is 2.28. The number of aliphatic carboxylic acids is 1. The summed E-state index contributed by atoms with van der Waals surface area (Å²) in [5, 5.41) is 9.63. The van der Waals surface area contributed by atoms with E-state index >= 15 is 0 Å². The smallest absolute Gasteiger partial charge is 0.327 e. The first-order chi connectivity index (χ1) is 10.5. The van der Waals surface area contributed by atoms with Crippen LogP contribution >= 0.6 is 0 Å². The van der Waals surface area contributed by atoms with Gasteiger partial charge in [-0.25, -0.2) is 9.78 Å². The van der Waals surface area contributed by atoms with Crippen molar-refractivity contribution in [2.45, 2.75) is 33.2 Å². The monoisotopic (exact) mass is 304 g/mol. The zero-order valence-corrected chi connectivity index (χ0v) is 13.0. The summed E-state index contributed by atoms with van der Waals surface area (Å²) in [5.74, 6) is 1.18. The zero-order valence-electron chi connectivity index (χ0n) is 13.0. The molecule has 0 saturated heterocycles. The van der Waals surface area contributed by atoms with Crippen LogP contribution in [0.4, 0.5) is 0 Å². The second kappa shape index (κ2) is 5.51. The van der Waals surface area contributed by atoms with Crippen molar-refractivity contribution in [2.24, 2.45) is 5.92 Å². The van der Waals surface area contributed by atoms with Gasteiger partial charge < -0.3 is 19.1 Å². The number of carbonyl (C=O) groups is 1. The Kier molecular flexibility index (Phi) is 3.68. The van der Waals surface area contributed by atoms with E-state index in [0.717, 1.165) is 16.9 Å². The molecule has 1 aromatic heterocycles. The van der Waals surface area contributed by atoms with E-state index in [1.165, 1.54) is 0 Å². The van der Waals surface area contributed by atoms with Gasteiger partial charge in [-0.05, 0) is 5.92 Å². The van der Waals surface area contributed by atoms with Crippen molar-refractivity contribution in [1.82, 2.24) is 9.55 Å². The van der Waals surface area contributed by atoms with Crippen LogP contribution in [0.1, 0.15) is 32.6 Å². The molecule has 1 aliphatic rings. The number of nitrogens with zero attached hydrogens (tertiary/aromatic N) is 2. The van der Waals surface area contributed by atoms with Gasteiger partial charge in [0.2, 0.25) is 0 Å². The number of rotatable bonds is 4. The third-order valence-electron chi connectivity index (χ3n) is 3.91. The van der Waals surface area contributed by atoms with E-state index in [9.17, 15) is 9.90 Å². The molecule has 2 aromatic rings. The number of aromatic nitrogens is 2. The maximum Gasteiger partial charge on any atom is 0.327 e. The number of hydrogen-bond acceptors (Lipinski definition) is 4. The molecule has 118 valence electrons. The molecule has 0 aliphatic carbocycles. The Hall–Kier alpha value is -2.24. The molecule has 2 heterocycles. The normalized spacial score (nSPS) is 15.3. The summed E-state index contributed by atoms with van der Waals surface area (Å²) in [6.07, 6.45) is 0.664. The minimum absolute atomic E-state index is 0.0478. The third-order valence-corrected chi connectivity index (χ3v) is 3.91. The van der Waals surface area contributed by atoms with Crippen LogP contribution in [-0.4, -0.2) is 33.8 Å². The Balaban J connectivity index is 2.25. The fourth-order valence-electron chi connectivity index (χ4n) is 2.94. The highest BCUT2D eigenvalue weighted by atomic mass is 16.6. The van der Waals surface area contributed by atoms with Crippen molar-refractivity contribution >= 4 is 17.0 Å². The Labute approximate surface area is 128 Å². The number of ether oxygens (including phenoxy) is 2. The fourth-order valence-corrected chi connectivity index (χ4v) is 2.94. The largest absolute Gasteiger partial charge is 0.486 e. The molecule has 0 spiro atoms. The van der Waals surface area contributed by atoms with Crippen LogP contribution < -0.4 is 9.47 Å². The third kappa shape index (κ3) is 2.28. The summed E-state index contributed by atoms with van der Waals surface area (Å²) in [6, 6.07) is 3.02. The molecule has 0 fully saturated rings. The molecule has 1 aromatic carbocycles. The van der Waals surface area contributed by atoms with Crippen LogP contribution in [0.15, 0.2) is 12.1 Å². The van der Waals surface area contributed by atoms with E-state index in [0.29, 0.717) is 31.1 Å².